The number of rotatable bonds is 5. The van der Waals surface area contributed by atoms with E-state index >= 15 is 0 Å². The largest absolute Gasteiger partial charge is 0.309 e. The Kier molecular flexibility index (Phi) is 4.11. The van der Waals surface area contributed by atoms with Crippen LogP contribution in [0.25, 0.3) is 0 Å². The van der Waals surface area contributed by atoms with Crippen LogP contribution in [0.1, 0.15) is 24.8 Å². The summed E-state index contributed by atoms with van der Waals surface area (Å²) in [5, 5.41) is 6.68. The standard InChI is InChI=1S/C11H19N3S/c1-10(14-5-2-3-6-14)8-12-9-11-13-4-7-15-11/h4,7,10,12H,2-3,5-6,8-9H2,1H3. The van der Waals surface area contributed by atoms with Gasteiger partial charge in [0.05, 0.1) is 0 Å². The van der Waals surface area contributed by atoms with Crippen molar-refractivity contribution in [1.82, 2.24) is 15.2 Å². The third kappa shape index (κ3) is 3.26. The molecule has 1 unspecified atom stereocenters. The molecule has 0 saturated carbocycles. The Labute approximate surface area is 95.5 Å². The van der Waals surface area contributed by atoms with Crippen molar-refractivity contribution in [3.63, 3.8) is 0 Å². The molecule has 1 N–H and O–H groups in total. The number of aromatic nitrogens is 1. The highest BCUT2D eigenvalue weighted by Gasteiger charge is 2.17. The Morgan fingerprint density at radius 3 is 3.00 bits per heavy atom. The van der Waals surface area contributed by atoms with Crippen LogP contribution >= 0.6 is 11.3 Å². The summed E-state index contributed by atoms with van der Waals surface area (Å²) in [6.07, 6.45) is 4.61. The lowest BCUT2D eigenvalue weighted by Crippen LogP contribution is -2.38. The number of nitrogens with zero attached hydrogens (tertiary/aromatic N) is 2. The van der Waals surface area contributed by atoms with E-state index in [4.69, 9.17) is 0 Å². The molecule has 4 heteroatoms. The van der Waals surface area contributed by atoms with Crippen molar-refractivity contribution < 1.29 is 0 Å². The van der Waals surface area contributed by atoms with Crippen molar-refractivity contribution in [1.29, 1.82) is 0 Å². The fraction of sp³-hybridized carbons (Fsp3) is 0.727. The van der Waals surface area contributed by atoms with Gasteiger partial charge in [0, 0.05) is 30.7 Å². The van der Waals surface area contributed by atoms with Crippen molar-refractivity contribution in [2.24, 2.45) is 0 Å². The van der Waals surface area contributed by atoms with E-state index in [-0.39, 0.29) is 0 Å². The molecule has 1 aromatic heterocycles. The average Bonchev–Trinajstić information content (AvgIpc) is 2.90. The molecule has 1 aromatic rings. The molecule has 2 heterocycles. The Morgan fingerprint density at radius 2 is 2.33 bits per heavy atom. The summed E-state index contributed by atoms with van der Waals surface area (Å²) < 4.78 is 0. The number of nitrogens with one attached hydrogen (secondary N) is 1. The molecule has 0 spiro atoms. The van der Waals surface area contributed by atoms with Gasteiger partial charge in [0.1, 0.15) is 5.01 Å². The molecule has 0 aromatic carbocycles. The minimum Gasteiger partial charge on any atom is -0.309 e. The molecule has 0 bridgehead atoms. The highest BCUT2D eigenvalue weighted by Crippen LogP contribution is 2.11. The number of likely N-dealkylation sites (tertiary alicyclic amines) is 1. The fourth-order valence-electron chi connectivity index (χ4n) is 2.04. The summed E-state index contributed by atoms with van der Waals surface area (Å²) in [6, 6.07) is 0.660. The lowest BCUT2D eigenvalue weighted by atomic mass is 10.3. The van der Waals surface area contributed by atoms with Crippen molar-refractivity contribution in [2.45, 2.75) is 32.4 Å². The highest BCUT2D eigenvalue weighted by atomic mass is 32.1. The van der Waals surface area contributed by atoms with Crippen LogP contribution in [0.3, 0.4) is 0 Å². The summed E-state index contributed by atoms with van der Waals surface area (Å²) in [4.78, 5) is 6.82. The Hall–Kier alpha value is -0.450. The SMILES string of the molecule is CC(CNCc1nccs1)N1CCCC1. The van der Waals surface area contributed by atoms with Crippen LogP contribution in [-0.4, -0.2) is 35.6 Å². The van der Waals surface area contributed by atoms with E-state index in [2.05, 4.69) is 22.1 Å². The Bertz CT molecular complexity index is 267. The first-order valence-electron chi connectivity index (χ1n) is 5.69. The first-order valence-corrected chi connectivity index (χ1v) is 6.57. The van der Waals surface area contributed by atoms with Gasteiger partial charge >= 0.3 is 0 Å². The monoisotopic (exact) mass is 225 g/mol. The maximum absolute atomic E-state index is 4.25. The van der Waals surface area contributed by atoms with Gasteiger partial charge < -0.3 is 5.32 Å². The predicted octanol–water partition coefficient (Wildman–Crippen LogP) is 1.72. The zero-order valence-electron chi connectivity index (χ0n) is 9.28. The predicted molar refractivity (Wildman–Crippen MR) is 64.1 cm³/mol. The second-order valence-corrected chi connectivity index (χ2v) is 5.13. The van der Waals surface area contributed by atoms with E-state index in [0.29, 0.717) is 6.04 Å². The molecule has 1 aliphatic heterocycles. The van der Waals surface area contributed by atoms with E-state index in [1.54, 1.807) is 11.3 Å². The second kappa shape index (κ2) is 5.58. The Morgan fingerprint density at radius 1 is 1.53 bits per heavy atom. The quantitative estimate of drug-likeness (QED) is 0.827. The van der Waals surface area contributed by atoms with Gasteiger partial charge in [0.2, 0.25) is 0 Å². The first-order chi connectivity index (χ1) is 7.36. The number of thiazole rings is 1. The summed E-state index contributed by atoms with van der Waals surface area (Å²) >= 11 is 1.72. The molecule has 1 saturated heterocycles. The lowest BCUT2D eigenvalue weighted by Gasteiger charge is -2.23. The first kappa shape index (κ1) is 11.0. The molecular weight excluding hydrogens is 206 g/mol. The summed E-state index contributed by atoms with van der Waals surface area (Å²) in [6.45, 7) is 6.84. The summed E-state index contributed by atoms with van der Waals surface area (Å²) in [7, 11) is 0. The smallest absolute Gasteiger partial charge is 0.106 e. The van der Waals surface area contributed by atoms with E-state index in [1.807, 2.05) is 11.6 Å². The van der Waals surface area contributed by atoms with Crippen LogP contribution in [0.4, 0.5) is 0 Å². The molecule has 1 atom stereocenters. The lowest BCUT2D eigenvalue weighted by molar-refractivity contribution is 0.251. The molecule has 1 fully saturated rings. The average molecular weight is 225 g/mol. The maximum atomic E-state index is 4.25. The molecule has 0 amide bonds. The third-order valence-corrected chi connectivity index (χ3v) is 3.74. The summed E-state index contributed by atoms with van der Waals surface area (Å²) in [5.74, 6) is 0. The van der Waals surface area contributed by atoms with E-state index in [1.165, 1.54) is 30.9 Å². The normalized spacial score (nSPS) is 19.5. The van der Waals surface area contributed by atoms with E-state index in [9.17, 15) is 0 Å². The molecule has 2 rings (SSSR count). The Balaban J connectivity index is 1.64. The van der Waals surface area contributed by atoms with Gasteiger partial charge in [-0.25, -0.2) is 4.98 Å². The van der Waals surface area contributed by atoms with Gasteiger partial charge in [0.15, 0.2) is 0 Å². The van der Waals surface area contributed by atoms with Crippen LogP contribution in [0, 0.1) is 0 Å². The van der Waals surface area contributed by atoms with Crippen LogP contribution in [0.5, 0.6) is 0 Å². The highest BCUT2D eigenvalue weighted by molar-refractivity contribution is 7.09. The van der Waals surface area contributed by atoms with Gasteiger partial charge in [-0.1, -0.05) is 0 Å². The zero-order valence-corrected chi connectivity index (χ0v) is 10.1. The van der Waals surface area contributed by atoms with Gasteiger partial charge in [-0.2, -0.15) is 0 Å². The van der Waals surface area contributed by atoms with Crippen molar-refractivity contribution in [2.75, 3.05) is 19.6 Å². The minimum absolute atomic E-state index is 0.660. The topological polar surface area (TPSA) is 28.2 Å². The van der Waals surface area contributed by atoms with Crippen LogP contribution in [0.15, 0.2) is 11.6 Å². The molecule has 3 nitrogen and oxygen atoms in total. The van der Waals surface area contributed by atoms with E-state index in [0.717, 1.165) is 13.1 Å². The molecule has 15 heavy (non-hydrogen) atoms. The van der Waals surface area contributed by atoms with Crippen molar-refractivity contribution in [3.05, 3.63) is 16.6 Å². The summed E-state index contributed by atoms with van der Waals surface area (Å²) in [5.41, 5.74) is 0. The molecule has 0 aliphatic carbocycles. The van der Waals surface area contributed by atoms with Crippen LogP contribution in [-0.2, 0) is 6.54 Å². The number of hydrogen-bond donors (Lipinski definition) is 1. The molecule has 84 valence electrons. The van der Waals surface area contributed by atoms with Gasteiger partial charge in [0.25, 0.3) is 0 Å². The molecule has 1 aliphatic rings. The zero-order chi connectivity index (χ0) is 10.5. The molecular formula is C11H19N3S. The van der Waals surface area contributed by atoms with Gasteiger partial charge in [-0.3, -0.25) is 4.90 Å². The van der Waals surface area contributed by atoms with Crippen molar-refractivity contribution in [3.8, 4) is 0 Å². The maximum Gasteiger partial charge on any atom is 0.106 e. The fourth-order valence-corrected chi connectivity index (χ4v) is 2.63. The van der Waals surface area contributed by atoms with Gasteiger partial charge in [-0.05, 0) is 32.9 Å². The van der Waals surface area contributed by atoms with Crippen LogP contribution in [0.2, 0.25) is 0 Å². The van der Waals surface area contributed by atoms with Gasteiger partial charge in [-0.15, -0.1) is 11.3 Å². The van der Waals surface area contributed by atoms with Crippen molar-refractivity contribution >= 4 is 11.3 Å². The number of hydrogen-bond acceptors (Lipinski definition) is 4. The van der Waals surface area contributed by atoms with Crippen LogP contribution < -0.4 is 5.32 Å². The molecule has 0 radical (unpaired) electrons. The van der Waals surface area contributed by atoms with E-state index < -0.39 is 0 Å². The minimum atomic E-state index is 0.660. The third-order valence-electron chi connectivity index (χ3n) is 2.96. The second-order valence-electron chi connectivity index (χ2n) is 4.15.